The van der Waals surface area contributed by atoms with Crippen LogP contribution in [0.4, 0.5) is 6.01 Å². The number of halogens is 1. The molecule has 18 heavy (non-hydrogen) atoms. The first-order valence-electron chi connectivity index (χ1n) is 6.19. The van der Waals surface area contributed by atoms with Gasteiger partial charge in [0.1, 0.15) is 5.52 Å². The normalized spacial score (nSPS) is 13.8. The quantitative estimate of drug-likeness (QED) is 0.839. The lowest BCUT2D eigenvalue weighted by Gasteiger charge is -2.30. The minimum Gasteiger partial charge on any atom is -0.424 e. The predicted molar refractivity (Wildman–Crippen MR) is 76.2 cm³/mol. The van der Waals surface area contributed by atoms with E-state index >= 15 is 0 Å². The SMILES string of the molecule is CC(C)(C)C(CCCl)Nc1nc2ccccc2o1. The summed E-state index contributed by atoms with van der Waals surface area (Å²) in [6.07, 6.45) is 0.879. The van der Waals surface area contributed by atoms with Gasteiger partial charge in [0.15, 0.2) is 5.58 Å². The third kappa shape index (κ3) is 2.96. The average Bonchev–Trinajstić information content (AvgIpc) is 2.69. The van der Waals surface area contributed by atoms with E-state index in [1.807, 2.05) is 24.3 Å². The molecular formula is C14H19ClN2O. The molecule has 1 aromatic heterocycles. The molecule has 1 aromatic carbocycles. The maximum absolute atomic E-state index is 5.86. The zero-order valence-electron chi connectivity index (χ0n) is 11.0. The number of nitrogens with one attached hydrogen (secondary N) is 1. The zero-order chi connectivity index (χ0) is 13.2. The summed E-state index contributed by atoms with van der Waals surface area (Å²) in [6, 6.07) is 8.56. The molecule has 0 bridgehead atoms. The highest BCUT2D eigenvalue weighted by molar-refractivity contribution is 6.17. The number of para-hydroxylation sites is 2. The van der Waals surface area contributed by atoms with Crippen LogP contribution in [0.1, 0.15) is 27.2 Å². The number of hydrogen-bond acceptors (Lipinski definition) is 3. The number of alkyl halides is 1. The van der Waals surface area contributed by atoms with Crippen molar-refractivity contribution < 1.29 is 4.42 Å². The molecule has 0 saturated carbocycles. The fraction of sp³-hybridized carbons (Fsp3) is 0.500. The molecule has 2 rings (SSSR count). The Bertz CT molecular complexity index is 483. The molecule has 1 unspecified atom stereocenters. The molecule has 2 aromatic rings. The van der Waals surface area contributed by atoms with Gasteiger partial charge in [0, 0.05) is 11.9 Å². The van der Waals surface area contributed by atoms with Gasteiger partial charge >= 0.3 is 0 Å². The first kappa shape index (κ1) is 13.2. The van der Waals surface area contributed by atoms with E-state index in [9.17, 15) is 0 Å². The summed E-state index contributed by atoms with van der Waals surface area (Å²) in [4.78, 5) is 4.43. The highest BCUT2D eigenvalue weighted by Gasteiger charge is 2.25. The summed E-state index contributed by atoms with van der Waals surface area (Å²) in [6.45, 7) is 6.54. The van der Waals surface area contributed by atoms with Crippen molar-refractivity contribution >= 4 is 28.7 Å². The van der Waals surface area contributed by atoms with Gasteiger partial charge < -0.3 is 9.73 Å². The number of rotatable bonds is 4. The Balaban J connectivity index is 2.20. The van der Waals surface area contributed by atoms with Gasteiger partial charge in [-0.25, -0.2) is 0 Å². The van der Waals surface area contributed by atoms with E-state index in [4.69, 9.17) is 16.0 Å². The summed E-state index contributed by atoms with van der Waals surface area (Å²) < 4.78 is 5.67. The summed E-state index contributed by atoms with van der Waals surface area (Å²) >= 11 is 5.86. The average molecular weight is 267 g/mol. The minimum atomic E-state index is 0.107. The van der Waals surface area contributed by atoms with Crippen molar-refractivity contribution in [3.8, 4) is 0 Å². The summed E-state index contributed by atoms with van der Waals surface area (Å²) in [5, 5.41) is 3.35. The molecule has 1 heterocycles. The lowest BCUT2D eigenvalue weighted by molar-refractivity contribution is 0.329. The van der Waals surface area contributed by atoms with Gasteiger partial charge in [0.2, 0.25) is 0 Å². The molecule has 3 nitrogen and oxygen atoms in total. The smallest absolute Gasteiger partial charge is 0.295 e. The van der Waals surface area contributed by atoms with E-state index in [0.717, 1.165) is 17.5 Å². The third-order valence-corrected chi connectivity index (χ3v) is 3.25. The van der Waals surface area contributed by atoms with Crippen molar-refractivity contribution in [3.05, 3.63) is 24.3 Å². The molecule has 0 spiro atoms. The van der Waals surface area contributed by atoms with E-state index < -0.39 is 0 Å². The molecule has 4 heteroatoms. The zero-order valence-corrected chi connectivity index (χ0v) is 11.8. The molecule has 1 atom stereocenters. The summed E-state index contributed by atoms with van der Waals surface area (Å²) in [5.74, 6) is 0.620. The van der Waals surface area contributed by atoms with E-state index in [0.29, 0.717) is 11.9 Å². The van der Waals surface area contributed by atoms with Gasteiger partial charge in [-0.1, -0.05) is 32.9 Å². The third-order valence-electron chi connectivity index (χ3n) is 3.03. The Hall–Kier alpha value is -1.22. The van der Waals surface area contributed by atoms with E-state index in [-0.39, 0.29) is 11.5 Å². The second-order valence-corrected chi connectivity index (χ2v) is 5.91. The summed E-state index contributed by atoms with van der Waals surface area (Å²) in [7, 11) is 0. The molecule has 0 saturated heterocycles. The number of benzene rings is 1. The highest BCUT2D eigenvalue weighted by atomic mass is 35.5. The van der Waals surface area contributed by atoms with Gasteiger partial charge in [0.25, 0.3) is 6.01 Å². The summed E-state index contributed by atoms with van der Waals surface area (Å²) in [5.41, 5.74) is 1.78. The monoisotopic (exact) mass is 266 g/mol. The molecule has 0 aliphatic heterocycles. The number of oxazole rings is 1. The standard InChI is InChI=1S/C14H19ClN2O/c1-14(2,3)12(8-9-15)17-13-16-10-6-4-5-7-11(10)18-13/h4-7,12H,8-9H2,1-3H3,(H,16,17). The minimum absolute atomic E-state index is 0.107. The number of fused-ring (bicyclic) bond motifs is 1. The van der Waals surface area contributed by atoms with Crippen molar-refractivity contribution in [2.75, 3.05) is 11.2 Å². The second-order valence-electron chi connectivity index (χ2n) is 5.53. The Morgan fingerprint density at radius 2 is 2.06 bits per heavy atom. The molecule has 0 aliphatic carbocycles. The predicted octanol–water partition coefficient (Wildman–Crippen LogP) is 4.28. The van der Waals surface area contributed by atoms with Crippen LogP contribution in [0.15, 0.2) is 28.7 Å². The fourth-order valence-corrected chi connectivity index (χ4v) is 2.13. The lowest BCUT2D eigenvalue weighted by atomic mass is 9.85. The van der Waals surface area contributed by atoms with Crippen LogP contribution in [0, 0.1) is 5.41 Å². The molecule has 1 N–H and O–H groups in total. The van der Waals surface area contributed by atoms with E-state index in [2.05, 4.69) is 31.1 Å². The largest absolute Gasteiger partial charge is 0.424 e. The second kappa shape index (κ2) is 5.19. The molecule has 0 aliphatic rings. The van der Waals surface area contributed by atoms with Gasteiger partial charge in [-0.15, -0.1) is 11.6 Å². The fourth-order valence-electron chi connectivity index (χ4n) is 1.91. The lowest BCUT2D eigenvalue weighted by Crippen LogP contribution is -2.34. The van der Waals surface area contributed by atoms with Crippen molar-refractivity contribution in [3.63, 3.8) is 0 Å². The van der Waals surface area contributed by atoms with Crippen LogP contribution in [-0.4, -0.2) is 16.9 Å². The van der Waals surface area contributed by atoms with Crippen LogP contribution in [0.2, 0.25) is 0 Å². The Morgan fingerprint density at radius 1 is 1.33 bits per heavy atom. The van der Waals surface area contributed by atoms with E-state index in [1.165, 1.54) is 0 Å². The van der Waals surface area contributed by atoms with Crippen LogP contribution in [-0.2, 0) is 0 Å². The van der Waals surface area contributed by atoms with E-state index in [1.54, 1.807) is 0 Å². The first-order valence-corrected chi connectivity index (χ1v) is 6.72. The van der Waals surface area contributed by atoms with Crippen LogP contribution >= 0.6 is 11.6 Å². The van der Waals surface area contributed by atoms with Crippen LogP contribution in [0.25, 0.3) is 11.1 Å². The molecule has 0 amide bonds. The number of nitrogens with zero attached hydrogens (tertiary/aromatic N) is 1. The highest BCUT2D eigenvalue weighted by Crippen LogP contribution is 2.27. The molecular weight excluding hydrogens is 248 g/mol. The van der Waals surface area contributed by atoms with Crippen molar-refractivity contribution in [2.24, 2.45) is 5.41 Å². The van der Waals surface area contributed by atoms with Crippen LogP contribution in [0.5, 0.6) is 0 Å². The van der Waals surface area contributed by atoms with Gasteiger partial charge in [-0.3, -0.25) is 0 Å². The Morgan fingerprint density at radius 3 is 2.67 bits per heavy atom. The molecule has 0 fully saturated rings. The number of anilines is 1. The maximum atomic E-state index is 5.86. The Kier molecular flexibility index (Phi) is 3.81. The topological polar surface area (TPSA) is 38.1 Å². The number of hydrogen-bond donors (Lipinski definition) is 1. The van der Waals surface area contributed by atoms with Crippen LogP contribution in [0.3, 0.4) is 0 Å². The van der Waals surface area contributed by atoms with Crippen LogP contribution < -0.4 is 5.32 Å². The number of aromatic nitrogens is 1. The van der Waals surface area contributed by atoms with Gasteiger partial charge in [-0.05, 0) is 24.0 Å². The van der Waals surface area contributed by atoms with Crippen molar-refractivity contribution in [1.82, 2.24) is 4.98 Å². The van der Waals surface area contributed by atoms with Gasteiger partial charge in [-0.2, -0.15) is 4.98 Å². The van der Waals surface area contributed by atoms with Crippen molar-refractivity contribution in [1.29, 1.82) is 0 Å². The Labute approximate surface area is 113 Å². The van der Waals surface area contributed by atoms with Gasteiger partial charge in [0.05, 0.1) is 0 Å². The molecule has 98 valence electrons. The first-order chi connectivity index (χ1) is 8.50. The van der Waals surface area contributed by atoms with Crippen molar-refractivity contribution in [2.45, 2.75) is 33.2 Å². The maximum Gasteiger partial charge on any atom is 0.295 e. The molecule has 0 radical (unpaired) electrons.